The lowest BCUT2D eigenvalue weighted by atomic mass is 9.72. The first-order chi connectivity index (χ1) is 17.2. The zero-order chi connectivity index (χ0) is 25.9. The van der Waals surface area contributed by atoms with E-state index in [0.29, 0.717) is 12.4 Å². The van der Waals surface area contributed by atoms with Gasteiger partial charge in [0, 0.05) is 36.7 Å². The lowest BCUT2D eigenvalue weighted by Gasteiger charge is -2.36. The van der Waals surface area contributed by atoms with Crippen molar-refractivity contribution in [2.24, 2.45) is 17.3 Å². The van der Waals surface area contributed by atoms with Crippen LogP contribution in [0.2, 0.25) is 0 Å². The Labute approximate surface area is 214 Å². The van der Waals surface area contributed by atoms with Gasteiger partial charge in [0.15, 0.2) is 0 Å². The number of aromatic nitrogens is 1. The van der Waals surface area contributed by atoms with Crippen LogP contribution < -0.4 is 10.1 Å². The van der Waals surface area contributed by atoms with E-state index in [1.807, 2.05) is 42.5 Å². The molecule has 2 N–H and O–H groups in total. The van der Waals surface area contributed by atoms with Crippen molar-refractivity contribution in [1.29, 1.82) is 0 Å². The van der Waals surface area contributed by atoms with E-state index in [-0.39, 0.29) is 35.2 Å². The number of rotatable bonds is 7. The van der Waals surface area contributed by atoms with Gasteiger partial charge >= 0.3 is 5.97 Å². The van der Waals surface area contributed by atoms with Crippen molar-refractivity contribution in [2.45, 2.75) is 77.5 Å². The Morgan fingerprint density at radius 1 is 1.08 bits per heavy atom. The number of pyridine rings is 1. The highest BCUT2D eigenvalue weighted by Gasteiger charge is 2.58. The number of hydrogen-bond acceptors (Lipinski definition) is 5. The average Bonchev–Trinajstić information content (AvgIpc) is 3.24. The van der Waals surface area contributed by atoms with Crippen molar-refractivity contribution < 1.29 is 19.4 Å². The summed E-state index contributed by atoms with van der Waals surface area (Å²) >= 11 is 0. The van der Waals surface area contributed by atoms with Crippen LogP contribution in [0.25, 0.3) is 0 Å². The molecular formula is C29H39N3O4. The van der Waals surface area contributed by atoms with Gasteiger partial charge in [0.05, 0.1) is 13.2 Å². The number of benzene rings is 1. The number of likely N-dealkylation sites (tertiary alicyclic amines) is 1. The molecule has 1 saturated heterocycles. The maximum Gasteiger partial charge on any atom is 0.326 e. The Bertz CT molecular complexity index is 1030. The number of carbonyl (C=O) groups is 2. The van der Waals surface area contributed by atoms with Gasteiger partial charge in [0.25, 0.3) is 0 Å². The molecule has 1 aliphatic carbocycles. The Morgan fingerprint density at radius 2 is 1.78 bits per heavy atom. The third-order valence-corrected chi connectivity index (χ3v) is 7.82. The van der Waals surface area contributed by atoms with Gasteiger partial charge in [-0.25, -0.2) is 9.78 Å². The van der Waals surface area contributed by atoms with E-state index < -0.39 is 12.0 Å². The van der Waals surface area contributed by atoms with Crippen LogP contribution in [0.5, 0.6) is 5.88 Å². The fraction of sp³-hybridized carbons (Fsp3) is 0.552. The molecule has 1 aliphatic heterocycles. The predicted molar refractivity (Wildman–Crippen MR) is 138 cm³/mol. The summed E-state index contributed by atoms with van der Waals surface area (Å²) in [4.78, 5) is 33.0. The fourth-order valence-electron chi connectivity index (χ4n) is 6.16. The maximum absolute atomic E-state index is 14.1. The van der Waals surface area contributed by atoms with Crippen LogP contribution in [0.1, 0.15) is 70.0 Å². The van der Waals surface area contributed by atoms with E-state index in [4.69, 9.17) is 4.74 Å². The van der Waals surface area contributed by atoms with E-state index in [1.54, 1.807) is 18.2 Å². The smallest absolute Gasteiger partial charge is 0.326 e. The van der Waals surface area contributed by atoms with Gasteiger partial charge < -0.3 is 20.1 Å². The molecule has 1 aromatic carbocycles. The van der Waals surface area contributed by atoms with Crippen LogP contribution >= 0.6 is 0 Å². The second-order valence-corrected chi connectivity index (χ2v) is 11.2. The van der Waals surface area contributed by atoms with Crippen molar-refractivity contribution in [2.75, 3.05) is 7.11 Å². The van der Waals surface area contributed by atoms with Crippen molar-refractivity contribution in [1.82, 2.24) is 15.2 Å². The molecule has 36 heavy (non-hydrogen) atoms. The zero-order valence-electron chi connectivity index (χ0n) is 21.8. The molecule has 2 aliphatic rings. The van der Waals surface area contributed by atoms with Gasteiger partial charge in [0.2, 0.25) is 11.8 Å². The number of ether oxygens (including phenoxy) is 1. The van der Waals surface area contributed by atoms with E-state index in [0.717, 1.165) is 43.2 Å². The SMILES string of the molecule is COc1ccc(CN[C@@H]2[C@@H](C(C)(C)C)[C@H](C(=O)O)N(C(=O)C3CCCCC3)[C@@H]2c2ccccc2)cn1. The van der Waals surface area contributed by atoms with Crippen molar-refractivity contribution in [3.8, 4) is 5.88 Å². The molecule has 1 saturated carbocycles. The molecule has 4 rings (SSSR count). The van der Waals surface area contributed by atoms with Gasteiger partial charge in [0.1, 0.15) is 6.04 Å². The summed E-state index contributed by atoms with van der Waals surface area (Å²) in [6.45, 7) is 6.74. The minimum absolute atomic E-state index is 0.0133. The molecule has 1 aromatic heterocycles. The fourth-order valence-corrected chi connectivity index (χ4v) is 6.16. The van der Waals surface area contributed by atoms with Gasteiger partial charge in [-0.05, 0) is 29.4 Å². The third kappa shape index (κ3) is 5.41. The van der Waals surface area contributed by atoms with Gasteiger partial charge in [-0.2, -0.15) is 0 Å². The lowest BCUT2D eigenvalue weighted by Crippen LogP contribution is -2.49. The number of methoxy groups -OCH3 is 1. The first kappa shape index (κ1) is 26.1. The highest BCUT2D eigenvalue weighted by molar-refractivity contribution is 5.87. The molecular weight excluding hydrogens is 454 g/mol. The predicted octanol–water partition coefficient (Wildman–Crippen LogP) is 4.83. The van der Waals surface area contributed by atoms with Gasteiger partial charge in [-0.3, -0.25) is 4.79 Å². The summed E-state index contributed by atoms with van der Waals surface area (Å²) in [6.07, 6.45) is 6.61. The minimum atomic E-state index is -0.935. The lowest BCUT2D eigenvalue weighted by molar-refractivity contribution is -0.154. The van der Waals surface area contributed by atoms with E-state index >= 15 is 0 Å². The molecule has 2 heterocycles. The summed E-state index contributed by atoms with van der Waals surface area (Å²) in [5.41, 5.74) is 1.58. The molecule has 0 radical (unpaired) electrons. The summed E-state index contributed by atoms with van der Waals surface area (Å²) in [6, 6.07) is 12.1. The second-order valence-electron chi connectivity index (χ2n) is 11.2. The topological polar surface area (TPSA) is 91.8 Å². The van der Waals surface area contributed by atoms with Crippen LogP contribution in [0.15, 0.2) is 48.7 Å². The zero-order valence-corrected chi connectivity index (χ0v) is 21.8. The quantitative estimate of drug-likeness (QED) is 0.574. The number of aliphatic carboxylic acids is 1. The normalized spacial score (nSPS) is 25.1. The Balaban J connectivity index is 1.76. The summed E-state index contributed by atoms with van der Waals surface area (Å²) in [7, 11) is 1.58. The number of nitrogens with zero attached hydrogens (tertiary/aromatic N) is 2. The van der Waals surface area contributed by atoms with Crippen LogP contribution in [0, 0.1) is 17.3 Å². The van der Waals surface area contributed by atoms with E-state index in [9.17, 15) is 14.7 Å². The molecule has 0 unspecified atom stereocenters. The van der Waals surface area contributed by atoms with Crippen molar-refractivity contribution in [3.63, 3.8) is 0 Å². The second kappa shape index (κ2) is 11.0. The third-order valence-electron chi connectivity index (χ3n) is 7.82. The molecule has 0 spiro atoms. The first-order valence-corrected chi connectivity index (χ1v) is 13.0. The molecule has 2 aromatic rings. The highest BCUT2D eigenvalue weighted by Crippen LogP contribution is 2.49. The molecule has 4 atom stereocenters. The number of hydrogen-bond donors (Lipinski definition) is 2. The first-order valence-electron chi connectivity index (χ1n) is 13.0. The highest BCUT2D eigenvalue weighted by atomic mass is 16.5. The van der Waals surface area contributed by atoms with Crippen molar-refractivity contribution >= 4 is 11.9 Å². The summed E-state index contributed by atoms with van der Waals surface area (Å²) < 4.78 is 5.18. The van der Waals surface area contributed by atoms with Crippen LogP contribution in [0.4, 0.5) is 0 Å². The Morgan fingerprint density at radius 3 is 2.33 bits per heavy atom. The van der Waals surface area contributed by atoms with Crippen LogP contribution in [-0.2, 0) is 16.1 Å². The van der Waals surface area contributed by atoms with E-state index in [1.165, 1.54) is 0 Å². The number of carboxylic acids is 1. The van der Waals surface area contributed by atoms with Crippen LogP contribution in [0.3, 0.4) is 0 Å². The Hall–Kier alpha value is -2.93. The molecule has 194 valence electrons. The van der Waals surface area contributed by atoms with Gasteiger partial charge in [-0.15, -0.1) is 0 Å². The maximum atomic E-state index is 14.1. The number of amides is 1. The molecule has 0 bridgehead atoms. The summed E-state index contributed by atoms with van der Waals surface area (Å²) in [5, 5.41) is 14.2. The average molecular weight is 494 g/mol. The van der Waals surface area contributed by atoms with E-state index in [2.05, 4.69) is 31.1 Å². The van der Waals surface area contributed by atoms with Gasteiger partial charge in [-0.1, -0.05) is 76.4 Å². The number of carbonyl (C=O) groups excluding carboxylic acids is 1. The molecule has 2 fully saturated rings. The number of carboxylic acid groups (broad SMARTS) is 1. The molecule has 7 heteroatoms. The monoisotopic (exact) mass is 493 g/mol. The number of nitrogens with one attached hydrogen (secondary N) is 1. The summed E-state index contributed by atoms with van der Waals surface area (Å²) in [5.74, 6) is -0.809. The molecule has 7 nitrogen and oxygen atoms in total. The largest absolute Gasteiger partial charge is 0.481 e. The standard InChI is InChI=1S/C29H39N3O4/c1-29(2,3)23-24(31-18-19-15-16-22(36-4)30-17-19)25(20-11-7-5-8-12-20)32(26(23)28(34)35)27(33)21-13-9-6-10-14-21/h5,7-8,11-12,15-17,21,23-26,31H,6,9-10,13-14,18H2,1-4H3,(H,34,35)/t23-,24-,25-,26-/m1/s1. The Kier molecular flexibility index (Phi) is 7.98. The molecule has 1 amide bonds. The van der Waals surface area contributed by atoms with Crippen molar-refractivity contribution in [3.05, 3.63) is 59.8 Å². The van der Waals surface area contributed by atoms with Crippen LogP contribution in [-0.4, -0.2) is 46.1 Å². The minimum Gasteiger partial charge on any atom is -0.481 e.